The van der Waals surface area contributed by atoms with Crippen LogP contribution in [-0.2, 0) is 11.7 Å². The highest BCUT2D eigenvalue weighted by Crippen LogP contribution is 2.32. The molecule has 0 fully saturated rings. The van der Waals surface area contributed by atoms with Crippen molar-refractivity contribution in [1.29, 1.82) is 0 Å². The van der Waals surface area contributed by atoms with Crippen LogP contribution in [0, 0.1) is 5.82 Å². The Kier molecular flexibility index (Phi) is 2.78. The fourth-order valence-corrected chi connectivity index (χ4v) is 1.13. The Labute approximate surface area is 84.9 Å². The molecule has 0 aliphatic rings. The largest absolute Gasteiger partial charge is 0.416 e. The molecule has 0 heterocycles. The minimum Gasteiger partial charge on any atom is -0.322 e. The van der Waals surface area contributed by atoms with Crippen molar-refractivity contribution >= 4 is 0 Å². The number of rotatable bonds is 1. The van der Waals surface area contributed by atoms with Gasteiger partial charge >= 0.3 is 6.18 Å². The topological polar surface area (TPSA) is 26.0 Å². The lowest BCUT2D eigenvalue weighted by molar-refractivity contribution is -0.137. The summed E-state index contributed by atoms with van der Waals surface area (Å²) in [5, 5.41) is 0. The van der Waals surface area contributed by atoms with E-state index in [1.54, 1.807) is 0 Å². The van der Waals surface area contributed by atoms with E-state index >= 15 is 0 Å². The Bertz CT molecular complexity index is 330. The monoisotopic (exact) mass is 221 g/mol. The average Bonchev–Trinajstić information content (AvgIpc) is 1.99. The summed E-state index contributed by atoms with van der Waals surface area (Å²) in [5.41, 5.74) is 3.71. The molecule has 1 rings (SSSR count). The number of hydrogen-bond donors (Lipinski definition) is 1. The van der Waals surface area contributed by atoms with E-state index in [1.165, 1.54) is 13.8 Å². The van der Waals surface area contributed by atoms with Crippen LogP contribution in [0.1, 0.15) is 25.0 Å². The van der Waals surface area contributed by atoms with Gasteiger partial charge in [0.05, 0.1) is 5.56 Å². The third-order valence-corrected chi connectivity index (χ3v) is 1.97. The third-order valence-electron chi connectivity index (χ3n) is 1.97. The molecule has 0 unspecified atom stereocenters. The van der Waals surface area contributed by atoms with E-state index in [2.05, 4.69) is 0 Å². The van der Waals surface area contributed by atoms with Gasteiger partial charge in [0.1, 0.15) is 5.82 Å². The van der Waals surface area contributed by atoms with Crippen LogP contribution < -0.4 is 5.73 Å². The van der Waals surface area contributed by atoms with Crippen molar-refractivity contribution in [2.45, 2.75) is 25.6 Å². The van der Waals surface area contributed by atoms with Crippen molar-refractivity contribution in [1.82, 2.24) is 0 Å². The van der Waals surface area contributed by atoms with E-state index in [4.69, 9.17) is 5.73 Å². The molecule has 0 saturated carbocycles. The molecule has 1 aromatic carbocycles. The Balaban J connectivity index is 3.30. The predicted molar refractivity (Wildman–Crippen MR) is 48.6 cm³/mol. The number of nitrogens with two attached hydrogens (primary N) is 1. The standard InChI is InChI=1S/C10H11F4N/c1-9(2,15)6-3-7(10(12,13)14)5-8(11)4-6/h3-5H,15H2,1-2H3. The van der Waals surface area contributed by atoms with Gasteiger partial charge in [-0.2, -0.15) is 13.2 Å². The molecule has 0 atom stereocenters. The molecule has 0 aliphatic heterocycles. The van der Waals surface area contributed by atoms with Gasteiger partial charge in [-0.05, 0) is 37.6 Å². The number of alkyl halides is 3. The van der Waals surface area contributed by atoms with Crippen LogP contribution in [0.5, 0.6) is 0 Å². The van der Waals surface area contributed by atoms with Crippen molar-refractivity contribution < 1.29 is 17.6 Å². The first-order valence-electron chi connectivity index (χ1n) is 4.28. The van der Waals surface area contributed by atoms with E-state index in [9.17, 15) is 17.6 Å². The SMILES string of the molecule is CC(C)(N)c1cc(F)cc(C(F)(F)F)c1. The van der Waals surface area contributed by atoms with Crippen LogP contribution in [0.15, 0.2) is 18.2 Å². The van der Waals surface area contributed by atoms with Crippen LogP contribution in [-0.4, -0.2) is 0 Å². The lowest BCUT2D eigenvalue weighted by atomic mass is 9.94. The van der Waals surface area contributed by atoms with Crippen LogP contribution in [0.2, 0.25) is 0 Å². The van der Waals surface area contributed by atoms with E-state index in [0.29, 0.717) is 6.07 Å². The number of hydrogen-bond acceptors (Lipinski definition) is 1. The minimum atomic E-state index is -4.55. The molecule has 0 saturated heterocycles. The minimum absolute atomic E-state index is 0.120. The molecule has 0 spiro atoms. The van der Waals surface area contributed by atoms with Gasteiger partial charge in [-0.1, -0.05) is 0 Å². The molecular formula is C10H11F4N. The first-order chi connectivity index (χ1) is 6.60. The fraction of sp³-hybridized carbons (Fsp3) is 0.400. The smallest absolute Gasteiger partial charge is 0.322 e. The van der Waals surface area contributed by atoms with Gasteiger partial charge in [0, 0.05) is 5.54 Å². The Morgan fingerprint density at radius 2 is 1.47 bits per heavy atom. The fourth-order valence-electron chi connectivity index (χ4n) is 1.13. The molecule has 0 amide bonds. The summed E-state index contributed by atoms with van der Waals surface area (Å²) in [7, 11) is 0. The van der Waals surface area contributed by atoms with Crippen molar-refractivity contribution in [3.63, 3.8) is 0 Å². The van der Waals surface area contributed by atoms with Gasteiger partial charge in [-0.25, -0.2) is 4.39 Å². The molecule has 0 radical (unpaired) electrons. The summed E-state index contributed by atoms with van der Waals surface area (Å²) in [6.07, 6.45) is -4.55. The summed E-state index contributed by atoms with van der Waals surface area (Å²) in [5.74, 6) is -0.932. The molecule has 0 aromatic heterocycles. The average molecular weight is 221 g/mol. The summed E-state index contributed by atoms with van der Waals surface area (Å²) >= 11 is 0. The van der Waals surface area contributed by atoms with Gasteiger partial charge in [0.15, 0.2) is 0 Å². The van der Waals surface area contributed by atoms with Crippen LogP contribution in [0.3, 0.4) is 0 Å². The Morgan fingerprint density at radius 1 is 1.00 bits per heavy atom. The van der Waals surface area contributed by atoms with E-state index in [-0.39, 0.29) is 5.56 Å². The number of halogens is 4. The van der Waals surface area contributed by atoms with Crippen molar-refractivity contribution in [2.24, 2.45) is 5.73 Å². The predicted octanol–water partition coefficient (Wildman–Crippen LogP) is 3.04. The second kappa shape index (κ2) is 3.48. The lowest BCUT2D eigenvalue weighted by Gasteiger charge is -2.20. The highest BCUT2D eigenvalue weighted by Gasteiger charge is 2.32. The zero-order chi connectivity index (χ0) is 11.9. The van der Waals surface area contributed by atoms with E-state index < -0.39 is 23.1 Å². The zero-order valence-corrected chi connectivity index (χ0v) is 8.32. The van der Waals surface area contributed by atoms with Crippen molar-refractivity contribution in [3.05, 3.63) is 35.1 Å². The van der Waals surface area contributed by atoms with Crippen LogP contribution >= 0.6 is 0 Å². The van der Waals surface area contributed by atoms with Gasteiger partial charge < -0.3 is 5.73 Å². The van der Waals surface area contributed by atoms with Crippen molar-refractivity contribution in [2.75, 3.05) is 0 Å². The maximum absolute atomic E-state index is 12.9. The summed E-state index contributed by atoms with van der Waals surface area (Å²) in [4.78, 5) is 0. The first kappa shape index (κ1) is 12.0. The van der Waals surface area contributed by atoms with E-state index in [0.717, 1.165) is 12.1 Å². The molecular weight excluding hydrogens is 210 g/mol. The summed E-state index contributed by atoms with van der Waals surface area (Å²) in [6.45, 7) is 3.03. The molecule has 1 nitrogen and oxygen atoms in total. The molecule has 15 heavy (non-hydrogen) atoms. The third kappa shape index (κ3) is 2.92. The molecule has 0 aliphatic carbocycles. The highest BCUT2D eigenvalue weighted by atomic mass is 19.4. The van der Waals surface area contributed by atoms with Gasteiger partial charge in [-0.15, -0.1) is 0 Å². The molecule has 5 heteroatoms. The molecule has 1 aromatic rings. The highest BCUT2D eigenvalue weighted by molar-refractivity contribution is 5.30. The maximum atomic E-state index is 12.9. The molecule has 84 valence electrons. The summed E-state index contributed by atoms with van der Waals surface area (Å²) < 4.78 is 49.9. The lowest BCUT2D eigenvalue weighted by Crippen LogP contribution is -2.29. The van der Waals surface area contributed by atoms with Gasteiger partial charge in [0.25, 0.3) is 0 Å². The number of benzene rings is 1. The molecule has 2 N–H and O–H groups in total. The Hall–Kier alpha value is -1.10. The summed E-state index contributed by atoms with van der Waals surface area (Å²) in [6, 6.07) is 2.33. The van der Waals surface area contributed by atoms with Gasteiger partial charge in [0.2, 0.25) is 0 Å². The van der Waals surface area contributed by atoms with Crippen LogP contribution in [0.25, 0.3) is 0 Å². The quantitative estimate of drug-likeness (QED) is 0.725. The second-order valence-electron chi connectivity index (χ2n) is 3.95. The normalized spacial score (nSPS) is 13.0. The van der Waals surface area contributed by atoms with Gasteiger partial charge in [-0.3, -0.25) is 0 Å². The first-order valence-corrected chi connectivity index (χ1v) is 4.28. The van der Waals surface area contributed by atoms with E-state index in [1.807, 2.05) is 0 Å². The zero-order valence-electron chi connectivity index (χ0n) is 8.32. The Morgan fingerprint density at radius 3 is 1.87 bits per heavy atom. The van der Waals surface area contributed by atoms with Crippen molar-refractivity contribution in [3.8, 4) is 0 Å². The second-order valence-corrected chi connectivity index (χ2v) is 3.95. The molecule has 0 bridgehead atoms. The van der Waals surface area contributed by atoms with Crippen LogP contribution in [0.4, 0.5) is 17.6 Å². The maximum Gasteiger partial charge on any atom is 0.416 e.